The van der Waals surface area contributed by atoms with E-state index < -0.39 is 12.0 Å². The topological polar surface area (TPSA) is 59.0 Å². The van der Waals surface area contributed by atoms with E-state index in [9.17, 15) is 9.90 Å². The molecule has 2 unspecified atom stereocenters. The molecular formula is C23H31NO4. The minimum absolute atomic E-state index is 0.112. The second-order valence-corrected chi connectivity index (χ2v) is 7.19. The third kappa shape index (κ3) is 7.33. The molecule has 0 saturated heterocycles. The molecule has 2 atom stereocenters. The Labute approximate surface area is 167 Å². The molecule has 28 heavy (non-hydrogen) atoms. The van der Waals surface area contributed by atoms with Crippen LogP contribution in [-0.2, 0) is 22.4 Å². The number of aryl methyl sites for hydroxylation is 2. The van der Waals surface area contributed by atoms with Gasteiger partial charge in [0.15, 0.2) is 0 Å². The standard InChI is InChI=1S/C23H31NO4/c1-18(27-16-15-21(23(25)26)24(2)3)17-28-22-12-8-7-11-20(22)14-13-19-9-5-4-6-10-19/h4-12,18,21H,13-17H2,1-3H3,(H,25,26). The lowest BCUT2D eigenvalue weighted by atomic mass is 10.0. The first kappa shape index (κ1) is 21.9. The van der Waals surface area contributed by atoms with Crippen LogP contribution in [0.15, 0.2) is 54.6 Å². The highest BCUT2D eigenvalue weighted by molar-refractivity contribution is 5.73. The molecule has 0 bridgehead atoms. The zero-order valence-corrected chi connectivity index (χ0v) is 17.0. The lowest BCUT2D eigenvalue weighted by molar-refractivity contribution is -0.143. The van der Waals surface area contributed by atoms with Gasteiger partial charge in [0.25, 0.3) is 0 Å². The summed E-state index contributed by atoms with van der Waals surface area (Å²) in [5.74, 6) is 0.0513. The number of carboxylic acids is 1. The molecule has 0 saturated carbocycles. The second-order valence-electron chi connectivity index (χ2n) is 7.19. The number of para-hydroxylation sites is 1. The normalized spacial score (nSPS) is 13.3. The summed E-state index contributed by atoms with van der Waals surface area (Å²) in [5, 5.41) is 9.20. The van der Waals surface area contributed by atoms with Crippen molar-refractivity contribution in [3.8, 4) is 5.75 Å². The Balaban J connectivity index is 1.79. The highest BCUT2D eigenvalue weighted by Crippen LogP contribution is 2.20. The van der Waals surface area contributed by atoms with Gasteiger partial charge in [0.05, 0.1) is 6.10 Å². The monoisotopic (exact) mass is 385 g/mol. The fraction of sp³-hybridized carbons (Fsp3) is 0.435. The van der Waals surface area contributed by atoms with Crippen LogP contribution in [-0.4, -0.2) is 55.4 Å². The molecule has 0 aliphatic rings. The molecular weight excluding hydrogens is 354 g/mol. The number of hydrogen-bond acceptors (Lipinski definition) is 4. The van der Waals surface area contributed by atoms with Gasteiger partial charge in [-0.1, -0.05) is 48.5 Å². The number of carboxylic acid groups (broad SMARTS) is 1. The molecule has 0 aliphatic carbocycles. The number of hydrogen-bond donors (Lipinski definition) is 1. The van der Waals surface area contributed by atoms with Crippen molar-refractivity contribution in [2.45, 2.75) is 38.3 Å². The van der Waals surface area contributed by atoms with Crippen LogP contribution in [0.1, 0.15) is 24.5 Å². The van der Waals surface area contributed by atoms with Crippen LogP contribution < -0.4 is 4.74 Å². The van der Waals surface area contributed by atoms with Crippen LogP contribution in [0.3, 0.4) is 0 Å². The first-order valence-corrected chi connectivity index (χ1v) is 9.73. The van der Waals surface area contributed by atoms with Crippen molar-refractivity contribution in [2.24, 2.45) is 0 Å². The minimum atomic E-state index is -0.829. The Kier molecular flexibility index (Phi) is 8.98. The summed E-state index contributed by atoms with van der Waals surface area (Å²) in [7, 11) is 3.52. The Morgan fingerprint density at radius 1 is 1.04 bits per heavy atom. The Morgan fingerprint density at radius 3 is 2.39 bits per heavy atom. The van der Waals surface area contributed by atoms with Gasteiger partial charge in [-0.05, 0) is 57.5 Å². The zero-order valence-electron chi connectivity index (χ0n) is 17.0. The van der Waals surface area contributed by atoms with Gasteiger partial charge in [0.1, 0.15) is 18.4 Å². The maximum absolute atomic E-state index is 11.2. The lowest BCUT2D eigenvalue weighted by Gasteiger charge is -2.21. The minimum Gasteiger partial charge on any atom is -0.491 e. The number of carbonyl (C=O) groups is 1. The van der Waals surface area contributed by atoms with Gasteiger partial charge in [-0.3, -0.25) is 9.69 Å². The maximum atomic E-state index is 11.2. The Bertz CT molecular complexity index is 718. The first-order chi connectivity index (χ1) is 13.5. The van der Waals surface area contributed by atoms with E-state index in [0.29, 0.717) is 19.6 Å². The molecule has 152 valence electrons. The van der Waals surface area contributed by atoms with Crippen LogP contribution in [0, 0.1) is 0 Å². The van der Waals surface area contributed by atoms with Crippen molar-refractivity contribution in [1.29, 1.82) is 0 Å². The summed E-state index contributed by atoms with van der Waals surface area (Å²) in [6.07, 6.45) is 2.21. The molecule has 0 aromatic heterocycles. The molecule has 2 aromatic rings. The van der Waals surface area contributed by atoms with E-state index >= 15 is 0 Å². The van der Waals surface area contributed by atoms with E-state index in [2.05, 4.69) is 30.3 Å². The second kappa shape index (κ2) is 11.5. The number of rotatable bonds is 12. The number of benzene rings is 2. The molecule has 0 heterocycles. The van der Waals surface area contributed by atoms with E-state index in [0.717, 1.165) is 18.6 Å². The summed E-state index contributed by atoms with van der Waals surface area (Å²) in [6, 6.07) is 18.0. The van der Waals surface area contributed by atoms with Crippen molar-refractivity contribution in [3.05, 3.63) is 65.7 Å². The van der Waals surface area contributed by atoms with Gasteiger partial charge >= 0.3 is 5.97 Å². The number of ether oxygens (including phenoxy) is 2. The highest BCUT2D eigenvalue weighted by atomic mass is 16.5. The van der Waals surface area contributed by atoms with Crippen LogP contribution in [0.4, 0.5) is 0 Å². The zero-order chi connectivity index (χ0) is 20.4. The van der Waals surface area contributed by atoms with E-state index in [-0.39, 0.29) is 6.10 Å². The van der Waals surface area contributed by atoms with Crippen LogP contribution >= 0.6 is 0 Å². The lowest BCUT2D eigenvalue weighted by Crippen LogP contribution is -2.37. The average Bonchev–Trinajstić information content (AvgIpc) is 2.68. The summed E-state index contributed by atoms with van der Waals surface area (Å²) >= 11 is 0. The molecule has 0 aliphatic heterocycles. The van der Waals surface area contributed by atoms with Crippen LogP contribution in [0.2, 0.25) is 0 Å². The summed E-state index contributed by atoms with van der Waals surface area (Å²) in [6.45, 7) is 2.76. The maximum Gasteiger partial charge on any atom is 0.320 e. The molecule has 0 radical (unpaired) electrons. The predicted octanol–water partition coefficient (Wildman–Crippen LogP) is 3.66. The van der Waals surface area contributed by atoms with Crippen LogP contribution in [0.5, 0.6) is 5.75 Å². The highest BCUT2D eigenvalue weighted by Gasteiger charge is 2.19. The predicted molar refractivity (Wildman–Crippen MR) is 111 cm³/mol. The van der Waals surface area contributed by atoms with Gasteiger partial charge in [-0.15, -0.1) is 0 Å². The first-order valence-electron chi connectivity index (χ1n) is 9.73. The number of aliphatic carboxylic acids is 1. The molecule has 5 heteroatoms. The molecule has 0 fully saturated rings. The van der Waals surface area contributed by atoms with Crippen molar-refractivity contribution in [1.82, 2.24) is 4.90 Å². The van der Waals surface area contributed by atoms with E-state index in [1.807, 2.05) is 31.2 Å². The number of nitrogens with zero attached hydrogens (tertiary/aromatic N) is 1. The van der Waals surface area contributed by atoms with Crippen molar-refractivity contribution < 1.29 is 19.4 Å². The van der Waals surface area contributed by atoms with E-state index in [4.69, 9.17) is 9.47 Å². The largest absolute Gasteiger partial charge is 0.491 e. The van der Waals surface area contributed by atoms with Crippen molar-refractivity contribution in [2.75, 3.05) is 27.3 Å². The molecule has 0 spiro atoms. The quantitative estimate of drug-likeness (QED) is 0.604. The van der Waals surface area contributed by atoms with Gasteiger partial charge in [-0.25, -0.2) is 0 Å². The van der Waals surface area contributed by atoms with Gasteiger partial charge < -0.3 is 14.6 Å². The number of likely N-dealkylation sites (N-methyl/N-ethyl adjacent to an activating group) is 1. The van der Waals surface area contributed by atoms with Crippen molar-refractivity contribution >= 4 is 5.97 Å². The van der Waals surface area contributed by atoms with Gasteiger partial charge in [0, 0.05) is 6.61 Å². The summed E-state index contributed by atoms with van der Waals surface area (Å²) in [5.41, 5.74) is 2.49. The fourth-order valence-electron chi connectivity index (χ4n) is 3.01. The third-order valence-corrected chi connectivity index (χ3v) is 4.67. The molecule has 2 aromatic carbocycles. The van der Waals surface area contributed by atoms with E-state index in [1.165, 1.54) is 11.1 Å². The van der Waals surface area contributed by atoms with Gasteiger partial charge in [-0.2, -0.15) is 0 Å². The average molecular weight is 386 g/mol. The van der Waals surface area contributed by atoms with Gasteiger partial charge in [0.2, 0.25) is 0 Å². The fourth-order valence-corrected chi connectivity index (χ4v) is 3.01. The molecule has 2 rings (SSSR count). The van der Waals surface area contributed by atoms with Crippen LogP contribution in [0.25, 0.3) is 0 Å². The third-order valence-electron chi connectivity index (χ3n) is 4.67. The molecule has 1 N–H and O–H groups in total. The molecule has 5 nitrogen and oxygen atoms in total. The molecule has 0 amide bonds. The van der Waals surface area contributed by atoms with Crippen molar-refractivity contribution in [3.63, 3.8) is 0 Å². The summed E-state index contributed by atoms with van der Waals surface area (Å²) < 4.78 is 11.7. The smallest absolute Gasteiger partial charge is 0.320 e. The van der Waals surface area contributed by atoms with E-state index in [1.54, 1.807) is 19.0 Å². The Morgan fingerprint density at radius 2 is 1.71 bits per heavy atom. The Hall–Kier alpha value is -2.37. The SMILES string of the molecule is CC(COc1ccccc1CCc1ccccc1)OCCC(C(=O)O)N(C)C. The summed E-state index contributed by atoms with van der Waals surface area (Å²) in [4.78, 5) is 12.9.